The SMILES string of the molecule is CCN1c2cc(Cl)c(F)cc2C(=O)C(=O)C1C(=O)O. The van der Waals surface area contributed by atoms with Gasteiger partial charge >= 0.3 is 5.97 Å². The van der Waals surface area contributed by atoms with Crippen molar-refractivity contribution in [2.45, 2.75) is 13.0 Å². The van der Waals surface area contributed by atoms with Gasteiger partial charge in [0.25, 0.3) is 0 Å². The van der Waals surface area contributed by atoms with Gasteiger partial charge in [-0.15, -0.1) is 0 Å². The summed E-state index contributed by atoms with van der Waals surface area (Å²) < 4.78 is 13.4. The number of carbonyl (C=O) groups excluding carboxylic acids is 2. The van der Waals surface area contributed by atoms with E-state index < -0.39 is 29.4 Å². The van der Waals surface area contributed by atoms with Gasteiger partial charge in [0, 0.05) is 6.54 Å². The Labute approximate surface area is 112 Å². The highest BCUT2D eigenvalue weighted by molar-refractivity contribution is 6.51. The molecule has 0 fully saturated rings. The third-order valence-corrected chi connectivity index (χ3v) is 3.24. The maximum atomic E-state index is 13.4. The zero-order valence-electron chi connectivity index (χ0n) is 9.81. The number of carboxylic acids is 1. The van der Waals surface area contributed by atoms with E-state index in [0.29, 0.717) is 0 Å². The molecule has 1 aromatic rings. The zero-order valence-corrected chi connectivity index (χ0v) is 10.6. The molecule has 0 bridgehead atoms. The van der Waals surface area contributed by atoms with E-state index in [1.54, 1.807) is 6.92 Å². The van der Waals surface area contributed by atoms with E-state index in [9.17, 15) is 18.8 Å². The van der Waals surface area contributed by atoms with Crippen LogP contribution in [0.5, 0.6) is 0 Å². The van der Waals surface area contributed by atoms with Crippen molar-refractivity contribution in [1.82, 2.24) is 0 Å². The molecule has 1 unspecified atom stereocenters. The number of fused-ring (bicyclic) bond motifs is 1. The third kappa shape index (κ3) is 1.98. The average molecular weight is 286 g/mol. The van der Waals surface area contributed by atoms with Crippen LogP contribution in [0, 0.1) is 5.82 Å². The number of nitrogens with zero attached hydrogens (tertiary/aromatic N) is 1. The van der Waals surface area contributed by atoms with Crippen molar-refractivity contribution in [1.29, 1.82) is 0 Å². The Kier molecular flexibility index (Phi) is 3.28. The smallest absolute Gasteiger partial charge is 0.334 e. The Hall–Kier alpha value is -1.95. The summed E-state index contributed by atoms with van der Waals surface area (Å²) in [5, 5.41) is 8.82. The van der Waals surface area contributed by atoms with E-state index in [1.807, 2.05) is 0 Å². The molecule has 1 aliphatic heterocycles. The van der Waals surface area contributed by atoms with E-state index in [4.69, 9.17) is 16.7 Å². The minimum Gasteiger partial charge on any atom is -0.479 e. The molecule has 1 heterocycles. The third-order valence-electron chi connectivity index (χ3n) is 2.95. The highest BCUT2D eigenvalue weighted by Gasteiger charge is 2.43. The highest BCUT2D eigenvalue weighted by Crippen LogP contribution is 2.33. The van der Waals surface area contributed by atoms with Crippen LogP contribution in [0.4, 0.5) is 10.1 Å². The lowest BCUT2D eigenvalue weighted by atomic mass is 9.93. The number of hydrogen-bond acceptors (Lipinski definition) is 4. The van der Waals surface area contributed by atoms with E-state index in [1.165, 1.54) is 4.90 Å². The van der Waals surface area contributed by atoms with Crippen molar-refractivity contribution in [3.8, 4) is 0 Å². The van der Waals surface area contributed by atoms with Crippen LogP contribution in [-0.4, -0.2) is 35.2 Å². The van der Waals surface area contributed by atoms with Crippen molar-refractivity contribution in [2.24, 2.45) is 0 Å². The van der Waals surface area contributed by atoms with Crippen molar-refractivity contribution < 1.29 is 23.9 Å². The summed E-state index contributed by atoms with van der Waals surface area (Å²) in [5.41, 5.74) is -0.00264. The molecule has 1 aliphatic rings. The molecule has 0 aromatic heterocycles. The van der Waals surface area contributed by atoms with Gasteiger partial charge in [-0.25, -0.2) is 9.18 Å². The highest BCUT2D eigenvalue weighted by atomic mass is 35.5. The summed E-state index contributed by atoms with van der Waals surface area (Å²) in [4.78, 5) is 35.9. The fourth-order valence-electron chi connectivity index (χ4n) is 2.09. The Balaban J connectivity index is 2.69. The van der Waals surface area contributed by atoms with E-state index in [-0.39, 0.29) is 22.8 Å². The lowest BCUT2D eigenvalue weighted by molar-refractivity contribution is -0.141. The van der Waals surface area contributed by atoms with Crippen LogP contribution in [0.3, 0.4) is 0 Å². The van der Waals surface area contributed by atoms with Gasteiger partial charge < -0.3 is 10.0 Å². The summed E-state index contributed by atoms with van der Waals surface area (Å²) in [7, 11) is 0. The number of hydrogen-bond donors (Lipinski definition) is 1. The van der Waals surface area contributed by atoms with Crippen LogP contribution < -0.4 is 4.90 Å². The lowest BCUT2D eigenvalue weighted by Gasteiger charge is -2.33. The molecule has 0 saturated carbocycles. The van der Waals surface area contributed by atoms with Crippen molar-refractivity contribution >= 4 is 34.8 Å². The summed E-state index contributed by atoms with van der Waals surface area (Å²) in [6.07, 6.45) is 0. The second kappa shape index (κ2) is 4.62. The molecule has 1 aromatic carbocycles. The molecule has 0 spiro atoms. The molecule has 1 N–H and O–H groups in total. The predicted octanol–water partition coefficient (Wildman–Crippen LogP) is 1.52. The Morgan fingerprint density at radius 2 is 2.11 bits per heavy atom. The topological polar surface area (TPSA) is 74.7 Å². The number of carbonyl (C=O) groups is 3. The predicted molar refractivity (Wildman–Crippen MR) is 65.2 cm³/mol. The van der Waals surface area contributed by atoms with Crippen LogP contribution in [0.15, 0.2) is 12.1 Å². The van der Waals surface area contributed by atoms with Crippen LogP contribution >= 0.6 is 11.6 Å². The molecule has 0 saturated heterocycles. The van der Waals surface area contributed by atoms with Gasteiger partial charge in [0.2, 0.25) is 11.6 Å². The maximum Gasteiger partial charge on any atom is 0.334 e. The largest absolute Gasteiger partial charge is 0.479 e. The fourth-order valence-corrected chi connectivity index (χ4v) is 2.25. The number of ketones is 2. The minimum absolute atomic E-state index is 0.158. The van der Waals surface area contributed by atoms with Crippen molar-refractivity contribution in [3.63, 3.8) is 0 Å². The molecule has 0 amide bonds. The van der Waals surface area contributed by atoms with Crippen LogP contribution in [0.25, 0.3) is 0 Å². The summed E-state index contributed by atoms with van der Waals surface area (Å²) in [6, 6.07) is 0.431. The van der Waals surface area contributed by atoms with Crippen LogP contribution in [0.1, 0.15) is 17.3 Å². The average Bonchev–Trinajstić information content (AvgIpc) is 2.35. The molecule has 19 heavy (non-hydrogen) atoms. The van der Waals surface area contributed by atoms with Gasteiger partial charge in [-0.1, -0.05) is 11.6 Å². The quantitative estimate of drug-likeness (QED) is 0.659. The normalized spacial score (nSPS) is 18.5. The molecule has 2 rings (SSSR count). The number of halogens is 2. The second-order valence-electron chi connectivity index (χ2n) is 4.00. The summed E-state index contributed by atoms with van der Waals surface area (Å²) in [6.45, 7) is 1.80. The number of anilines is 1. The second-order valence-corrected chi connectivity index (χ2v) is 4.41. The van der Waals surface area contributed by atoms with Crippen LogP contribution in [-0.2, 0) is 9.59 Å². The van der Waals surface area contributed by atoms with Crippen molar-refractivity contribution in [2.75, 3.05) is 11.4 Å². The molecule has 0 radical (unpaired) electrons. The first-order chi connectivity index (χ1) is 8.88. The number of benzene rings is 1. The minimum atomic E-state index is -1.59. The van der Waals surface area contributed by atoms with Gasteiger partial charge in [0.05, 0.1) is 16.3 Å². The molecule has 7 heteroatoms. The lowest BCUT2D eigenvalue weighted by Crippen LogP contribution is -2.53. The van der Waals surface area contributed by atoms with Gasteiger partial charge in [-0.05, 0) is 19.1 Å². The first kappa shape index (κ1) is 13.5. The number of aliphatic carboxylic acids is 1. The van der Waals surface area contributed by atoms with E-state index >= 15 is 0 Å². The maximum absolute atomic E-state index is 13.4. The van der Waals surface area contributed by atoms with E-state index in [0.717, 1.165) is 12.1 Å². The fraction of sp³-hybridized carbons (Fsp3) is 0.250. The molecular formula is C12H9ClFNO4. The Bertz CT molecular complexity index is 602. The summed E-state index contributed by atoms with van der Waals surface area (Å²) in [5.74, 6) is -4.34. The zero-order chi connectivity index (χ0) is 14.3. The van der Waals surface area contributed by atoms with Gasteiger partial charge in [-0.2, -0.15) is 0 Å². The van der Waals surface area contributed by atoms with Gasteiger partial charge in [-0.3, -0.25) is 9.59 Å². The first-order valence-electron chi connectivity index (χ1n) is 5.45. The monoisotopic (exact) mass is 285 g/mol. The molecule has 0 aliphatic carbocycles. The first-order valence-corrected chi connectivity index (χ1v) is 5.83. The van der Waals surface area contributed by atoms with Crippen LogP contribution in [0.2, 0.25) is 5.02 Å². The standard InChI is InChI=1S/C12H9ClFNO4/c1-2-15-8-4-6(13)7(14)3-5(8)10(16)11(17)9(15)12(18)19/h3-4,9H,2H2,1H3,(H,18,19). The molecule has 1 atom stereocenters. The van der Waals surface area contributed by atoms with Gasteiger partial charge in [0.1, 0.15) is 5.82 Å². The number of likely N-dealkylation sites (N-methyl/N-ethyl adjacent to an activating group) is 1. The summed E-state index contributed by atoms with van der Waals surface area (Å²) >= 11 is 5.63. The van der Waals surface area contributed by atoms with E-state index in [2.05, 4.69) is 0 Å². The van der Waals surface area contributed by atoms with Crippen molar-refractivity contribution in [3.05, 3.63) is 28.5 Å². The Morgan fingerprint density at radius 1 is 1.47 bits per heavy atom. The number of Topliss-reactive ketones (excluding diaryl/α,β-unsaturated/α-hetero) is 2. The molecular weight excluding hydrogens is 277 g/mol. The molecule has 100 valence electrons. The number of rotatable bonds is 2. The number of carboxylic acid groups (broad SMARTS) is 1. The van der Waals surface area contributed by atoms with Gasteiger partial charge in [0.15, 0.2) is 6.04 Å². The Morgan fingerprint density at radius 3 is 2.63 bits per heavy atom. The molecule has 5 nitrogen and oxygen atoms in total.